The lowest BCUT2D eigenvalue weighted by atomic mass is 9.83. The topological polar surface area (TPSA) is 81.7 Å². The molecule has 0 radical (unpaired) electrons. The summed E-state index contributed by atoms with van der Waals surface area (Å²) in [7, 11) is 0. The number of Topliss-reactive ketones (excluding diaryl/α,β-unsaturated/α-hetero) is 1. The number of amides is 1. The first-order chi connectivity index (χ1) is 9.24. The van der Waals surface area contributed by atoms with Crippen LogP contribution in [0.1, 0.15) is 47.0 Å². The quantitative estimate of drug-likeness (QED) is 0.800. The van der Waals surface area contributed by atoms with Gasteiger partial charge in [0.05, 0.1) is 12.5 Å². The standard InChI is InChI=1S/C14H23NO5/c1-5-19-12(17)9-7-6-8-10(16)11(9)15-13(18)20-14(2,3)4/h9,11H,5-8H2,1-4H3,(H,15,18). The van der Waals surface area contributed by atoms with Gasteiger partial charge in [-0.05, 0) is 40.5 Å². The maximum atomic E-state index is 11.9. The zero-order valence-electron chi connectivity index (χ0n) is 12.5. The van der Waals surface area contributed by atoms with E-state index >= 15 is 0 Å². The molecule has 6 nitrogen and oxygen atoms in total. The van der Waals surface area contributed by atoms with Crippen molar-refractivity contribution in [2.24, 2.45) is 5.92 Å². The van der Waals surface area contributed by atoms with E-state index < -0.39 is 29.6 Å². The van der Waals surface area contributed by atoms with Gasteiger partial charge in [-0.15, -0.1) is 0 Å². The van der Waals surface area contributed by atoms with E-state index in [1.807, 2.05) is 0 Å². The summed E-state index contributed by atoms with van der Waals surface area (Å²) >= 11 is 0. The Bertz CT molecular complexity index is 386. The van der Waals surface area contributed by atoms with Crippen LogP contribution in [0, 0.1) is 5.92 Å². The monoisotopic (exact) mass is 285 g/mol. The van der Waals surface area contributed by atoms with Crippen LogP contribution >= 0.6 is 0 Å². The number of ketones is 1. The van der Waals surface area contributed by atoms with Crippen molar-refractivity contribution in [3.8, 4) is 0 Å². The highest BCUT2D eigenvalue weighted by Gasteiger charge is 2.39. The summed E-state index contributed by atoms with van der Waals surface area (Å²) in [4.78, 5) is 35.6. The molecule has 2 atom stereocenters. The molecule has 1 N–H and O–H groups in total. The molecule has 1 rings (SSSR count). The molecule has 0 saturated heterocycles. The molecule has 0 aromatic rings. The summed E-state index contributed by atoms with van der Waals surface area (Å²) in [5, 5.41) is 2.50. The van der Waals surface area contributed by atoms with Crippen molar-refractivity contribution in [1.82, 2.24) is 5.32 Å². The number of ether oxygens (including phenoxy) is 2. The molecule has 0 aliphatic heterocycles. The van der Waals surface area contributed by atoms with Gasteiger partial charge in [0.15, 0.2) is 5.78 Å². The third-order valence-electron chi connectivity index (χ3n) is 2.95. The lowest BCUT2D eigenvalue weighted by molar-refractivity contribution is -0.152. The minimum atomic E-state index is -0.849. The minimum absolute atomic E-state index is 0.153. The van der Waals surface area contributed by atoms with Gasteiger partial charge in [-0.2, -0.15) is 0 Å². The normalized spacial score (nSPS) is 23.1. The molecule has 20 heavy (non-hydrogen) atoms. The molecule has 1 aliphatic carbocycles. The van der Waals surface area contributed by atoms with E-state index in [1.54, 1.807) is 27.7 Å². The highest BCUT2D eigenvalue weighted by atomic mass is 16.6. The van der Waals surface area contributed by atoms with Gasteiger partial charge in [0.1, 0.15) is 11.6 Å². The Hall–Kier alpha value is -1.59. The Morgan fingerprint density at radius 3 is 2.55 bits per heavy atom. The smallest absolute Gasteiger partial charge is 0.408 e. The second-order valence-electron chi connectivity index (χ2n) is 5.84. The molecule has 0 bridgehead atoms. The lowest BCUT2D eigenvalue weighted by Gasteiger charge is -2.30. The van der Waals surface area contributed by atoms with Crippen LogP contribution in [0.2, 0.25) is 0 Å². The fourth-order valence-electron chi connectivity index (χ4n) is 2.16. The first-order valence-corrected chi connectivity index (χ1v) is 6.93. The summed E-state index contributed by atoms with van der Waals surface area (Å²) in [5.74, 6) is -1.22. The van der Waals surface area contributed by atoms with Crippen LogP contribution in [0.5, 0.6) is 0 Å². The van der Waals surface area contributed by atoms with E-state index in [-0.39, 0.29) is 12.4 Å². The second kappa shape index (κ2) is 6.72. The lowest BCUT2D eigenvalue weighted by Crippen LogP contribution is -2.52. The van der Waals surface area contributed by atoms with Gasteiger partial charge in [-0.25, -0.2) is 4.79 Å². The van der Waals surface area contributed by atoms with Crippen LogP contribution in [0.25, 0.3) is 0 Å². The van der Waals surface area contributed by atoms with Gasteiger partial charge < -0.3 is 14.8 Å². The fraction of sp³-hybridized carbons (Fsp3) is 0.786. The predicted molar refractivity (Wildman–Crippen MR) is 72.1 cm³/mol. The second-order valence-corrected chi connectivity index (χ2v) is 5.84. The highest BCUT2D eigenvalue weighted by molar-refractivity contribution is 5.93. The molecular formula is C14H23NO5. The Morgan fingerprint density at radius 2 is 2.00 bits per heavy atom. The minimum Gasteiger partial charge on any atom is -0.466 e. The highest BCUT2D eigenvalue weighted by Crippen LogP contribution is 2.23. The number of rotatable bonds is 3. The number of carbonyl (C=O) groups is 3. The van der Waals surface area contributed by atoms with E-state index in [0.717, 1.165) is 0 Å². The van der Waals surface area contributed by atoms with Gasteiger partial charge in [-0.3, -0.25) is 9.59 Å². The van der Waals surface area contributed by atoms with E-state index in [9.17, 15) is 14.4 Å². The average Bonchev–Trinajstić information content (AvgIpc) is 2.29. The molecule has 2 unspecified atom stereocenters. The van der Waals surface area contributed by atoms with Gasteiger partial charge in [-0.1, -0.05) is 0 Å². The van der Waals surface area contributed by atoms with Crippen LogP contribution in [0.15, 0.2) is 0 Å². The van der Waals surface area contributed by atoms with Gasteiger partial charge in [0, 0.05) is 6.42 Å². The maximum absolute atomic E-state index is 11.9. The van der Waals surface area contributed by atoms with Crippen molar-refractivity contribution >= 4 is 17.8 Å². The molecule has 1 fully saturated rings. The van der Waals surface area contributed by atoms with Crippen LogP contribution in [-0.2, 0) is 19.1 Å². The van der Waals surface area contributed by atoms with Crippen molar-refractivity contribution in [3.05, 3.63) is 0 Å². The van der Waals surface area contributed by atoms with E-state index in [1.165, 1.54) is 0 Å². The molecule has 0 spiro atoms. The molecule has 114 valence electrons. The number of carbonyl (C=O) groups excluding carboxylic acids is 3. The fourth-order valence-corrected chi connectivity index (χ4v) is 2.16. The van der Waals surface area contributed by atoms with Crippen LogP contribution < -0.4 is 5.32 Å². The SMILES string of the molecule is CCOC(=O)C1CCCC(=O)C1NC(=O)OC(C)(C)C. The Morgan fingerprint density at radius 1 is 1.35 bits per heavy atom. The average molecular weight is 285 g/mol. The van der Waals surface area contributed by atoms with Crippen LogP contribution in [-0.4, -0.2) is 36.1 Å². The Labute approximate surface area is 119 Å². The van der Waals surface area contributed by atoms with Crippen molar-refractivity contribution < 1.29 is 23.9 Å². The number of alkyl carbamates (subject to hydrolysis) is 1. The van der Waals surface area contributed by atoms with E-state index in [2.05, 4.69) is 5.32 Å². The van der Waals surface area contributed by atoms with Crippen LogP contribution in [0.4, 0.5) is 4.79 Å². The summed E-state index contributed by atoms with van der Waals surface area (Å²) in [6.45, 7) is 7.16. The number of nitrogens with one attached hydrogen (secondary N) is 1. The predicted octanol–water partition coefficient (Wildman–Crippen LogP) is 1.81. The summed E-state index contributed by atoms with van der Waals surface area (Å²) < 4.78 is 10.1. The van der Waals surface area contributed by atoms with Gasteiger partial charge in [0.2, 0.25) is 0 Å². The van der Waals surface area contributed by atoms with E-state index in [0.29, 0.717) is 19.3 Å². The number of esters is 1. The Kier molecular flexibility index (Phi) is 5.53. The van der Waals surface area contributed by atoms with Gasteiger partial charge in [0.25, 0.3) is 0 Å². The third kappa shape index (κ3) is 4.83. The first-order valence-electron chi connectivity index (χ1n) is 6.93. The molecule has 0 heterocycles. The summed E-state index contributed by atoms with van der Waals surface area (Å²) in [5.41, 5.74) is -0.652. The summed E-state index contributed by atoms with van der Waals surface area (Å²) in [6.07, 6.45) is 0.836. The molecule has 0 aromatic heterocycles. The molecule has 0 aromatic carbocycles. The Balaban J connectivity index is 2.73. The zero-order valence-corrected chi connectivity index (χ0v) is 12.5. The number of hydrogen-bond donors (Lipinski definition) is 1. The van der Waals surface area contributed by atoms with Crippen molar-refractivity contribution in [2.75, 3.05) is 6.61 Å². The largest absolute Gasteiger partial charge is 0.466 e. The maximum Gasteiger partial charge on any atom is 0.408 e. The first kappa shape index (κ1) is 16.5. The van der Waals surface area contributed by atoms with Crippen LogP contribution in [0.3, 0.4) is 0 Å². The molecule has 1 saturated carbocycles. The molecule has 6 heteroatoms. The molecule has 1 amide bonds. The van der Waals surface area contributed by atoms with Gasteiger partial charge >= 0.3 is 12.1 Å². The summed E-state index contributed by atoms with van der Waals surface area (Å²) in [6, 6.07) is -0.849. The van der Waals surface area contributed by atoms with E-state index in [4.69, 9.17) is 9.47 Å². The van der Waals surface area contributed by atoms with Crippen molar-refractivity contribution in [1.29, 1.82) is 0 Å². The molecule has 1 aliphatic rings. The molecular weight excluding hydrogens is 262 g/mol. The van der Waals surface area contributed by atoms with Crippen molar-refractivity contribution in [2.45, 2.75) is 58.6 Å². The van der Waals surface area contributed by atoms with Crippen molar-refractivity contribution in [3.63, 3.8) is 0 Å². The third-order valence-corrected chi connectivity index (χ3v) is 2.95. The zero-order chi connectivity index (χ0) is 15.3. The number of hydrogen-bond acceptors (Lipinski definition) is 5.